The van der Waals surface area contributed by atoms with Gasteiger partial charge in [0.2, 0.25) is 0 Å². The summed E-state index contributed by atoms with van der Waals surface area (Å²) in [5.41, 5.74) is -1.78. The van der Waals surface area contributed by atoms with Gasteiger partial charge < -0.3 is 73.1 Å². The molecule has 1 unspecified atom stereocenters. The van der Waals surface area contributed by atoms with Crippen molar-refractivity contribution in [2.24, 2.45) is 29.1 Å². The number of benzene rings is 2. The molecule has 5 heterocycles. The lowest BCUT2D eigenvalue weighted by Crippen LogP contribution is -2.49. The molecule has 7 rings (SSSR count). The number of hydrogen-bond acceptors (Lipinski definition) is 19. The molecular weight excluding hydrogens is 971 g/mol. The standard InChI is InChI=1S/C53H69NO20/c1-24-14-13-15-32(29(6)71-51(64)52(9,10)21-37(56)57)18-25(2)43(59)27(4)46(72-31(8)55)26(3)34(73-39-20-36-48(30(7)70-39)68-23-67-36)16-17-69-53(11)49(62)42-40-35(66-22-38(58)65-12)19-33(54-50(24)63)45(61)41(40)44(60)28(5)47(42)74-53/h13-17,19,25-27,29-30,32,34,36,39,43,46,48,59-61H,18,20-23H2,1-12H3,(H,54,63)(H,56,57)/b15-13+,17-16+,24-14-/t25-,26-,27-,29?,30-,32+,34+,36+,39+,43-,46-,48-,53+/m1/s1. The fourth-order valence-corrected chi connectivity index (χ4v) is 9.77. The number of aliphatic carboxylic acids is 1. The Hall–Kier alpha value is -6.26. The van der Waals surface area contributed by atoms with E-state index in [9.17, 15) is 49.2 Å². The highest BCUT2D eigenvalue weighted by atomic mass is 16.7. The molecule has 5 N–H and O–H groups in total. The van der Waals surface area contributed by atoms with Gasteiger partial charge in [0.15, 0.2) is 18.6 Å². The van der Waals surface area contributed by atoms with Crippen LogP contribution in [0.15, 0.2) is 42.2 Å². The van der Waals surface area contributed by atoms with Crippen LogP contribution < -0.4 is 14.8 Å². The molecule has 0 saturated carbocycles. The van der Waals surface area contributed by atoms with E-state index in [2.05, 4.69) is 5.32 Å². The second-order valence-corrected chi connectivity index (χ2v) is 20.4. The average Bonchev–Trinajstić information content (AvgIpc) is 3.92. The van der Waals surface area contributed by atoms with E-state index >= 15 is 0 Å². The fraction of sp³-hybridized carbons (Fsp3) is 0.585. The molecule has 0 aliphatic carbocycles. The molecule has 21 heteroatoms. The molecule has 5 bridgehead atoms. The molecule has 5 aliphatic heterocycles. The summed E-state index contributed by atoms with van der Waals surface area (Å²) < 4.78 is 59.4. The number of fused-ring (bicyclic) bond motifs is 15. The number of carbonyl (C=O) groups excluding carboxylic acids is 5. The van der Waals surface area contributed by atoms with Gasteiger partial charge in [0.1, 0.15) is 42.4 Å². The Morgan fingerprint density at radius 3 is 2.35 bits per heavy atom. The van der Waals surface area contributed by atoms with Gasteiger partial charge in [-0.2, -0.15) is 0 Å². The topological polar surface area (TPSA) is 288 Å². The van der Waals surface area contributed by atoms with Gasteiger partial charge >= 0.3 is 29.7 Å². The number of aliphatic hydroxyl groups excluding tert-OH is 1. The molecule has 2 saturated heterocycles. The van der Waals surface area contributed by atoms with Crippen molar-refractivity contribution in [2.45, 2.75) is 150 Å². The number of aliphatic hydroxyl groups is 1. The molecule has 21 nitrogen and oxygen atoms in total. The lowest BCUT2D eigenvalue weighted by molar-refractivity contribution is -0.246. The summed E-state index contributed by atoms with van der Waals surface area (Å²) in [5.74, 6) is -11.6. The van der Waals surface area contributed by atoms with E-state index in [1.807, 2.05) is 6.92 Å². The molecule has 1 amide bonds. The first kappa shape index (κ1) is 57.0. The first-order valence-electron chi connectivity index (χ1n) is 24.5. The number of Topliss-reactive ketones (excluding diaryl/α,β-unsaturated/α-hetero) is 1. The van der Waals surface area contributed by atoms with Crippen LogP contribution in [-0.4, -0.2) is 131 Å². The van der Waals surface area contributed by atoms with Crippen LogP contribution in [0.3, 0.4) is 0 Å². The number of nitrogens with one attached hydrogen (secondary N) is 1. The summed E-state index contributed by atoms with van der Waals surface area (Å²) in [4.78, 5) is 79.0. The average molecular weight is 1040 g/mol. The molecule has 74 heavy (non-hydrogen) atoms. The highest BCUT2D eigenvalue weighted by Crippen LogP contribution is 2.54. The largest absolute Gasteiger partial charge is 0.507 e. The summed E-state index contributed by atoms with van der Waals surface area (Å²) in [6, 6.07) is 1.17. The van der Waals surface area contributed by atoms with Crippen molar-refractivity contribution in [1.29, 1.82) is 0 Å². The minimum atomic E-state index is -2.15. The summed E-state index contributed by atoms with van der Waals surface area (Å²) in [6.45, 7) is 16.4. The summed E-state index contributed by atoms with van der Waals surface area (Å²) >= 11 is 0. The number of phenolic OH excluding ortho intramolecular Hbond substituents is 2. The minimum Gasteiger partial charge on any atom is -0.507 e. The Morgan fingerprint density at radius 2 is 1.69 bits per heavy atom. The zero-order valence-corrected chi connectivity index (χ0v) is 43.7. The monoisotopic (exact) mass is 1040 g/mol. The molecular formula is C53H69NO20. The molecule has 0 spiro atoms. The van der Waals surface area contributed by atoms with E-state index in [0.717, 1.165) is 7.11 Å². The van der Waals surface area contributed by atoms with Crippen LogP contribution in [0.2, 0.25) is 0 Å². The van der Waals surface area contributed by atoms with E-state index in [0.29, 0.717) is 0 Å². The van der Waals surface area contributed by atoms with Crippen LogP contribution in [0, 0.1) is 36.0 Å². The number of aromatic hydroxyl groups is 2. The lowest BCUT2D eigenvalue weighted by atomic mass is 9.78. The number of allylic oxidation sites excluding steroid dienone is 2. The van der Waals surface area contributed by atoms with Crippen LogP contribution in [0.5, 0.6) is 23.0 Å². The maximum Gasteiger partial charge on any atom is 0.343 e. The number of carboxylic acids is 1. The van der Waals surface area contributed by atoms with Gasteiger partial charge in [-0.25, -0.2) is 4.79 Å². The highest BCUT2D eigenvalue weighted by molar-refractivity contribution is 6.21. The number of ether oxygens (including phenoxy) is 10. The van der Waals surface area contributed by atoms with Gasteiger partial charge in [-0.3, -0.25) is 24.0 Å². The molecule has 2 aromatic carbocycles. The van der Waals surface area contributed by atoms with Crippen LogP contribution >= 0.6 is 0 Å². The van der Waals surface area contributed by atoms with Gasteiger partial charge in [-0.05, 0) is 60.0 Å². The van der Waals surface area contributed by atoms with Gasteiger partial charge in [0.05, 0.1) is 66.3 Å². The van der Waals surface area contributed by atoms with Crippen molar-refractivity contribution in [1.82, 2.24) is 0 Å². The van der Waals surface area contributed by atoms with Gasteiger partial charge in [0, 0.05) is 60.6 Å². The number of esters is 3. The number of ketones is 1. The number of methoxy groups -OCH3 is 1. The van der Waals surface area contributed by atoms with E-state index < -0.39 is 132 Å². The number of hydrogen-bond donors (Lipinski definition) is 5. The van der Waals surface area contributed by atoms with E-state index in [1.54, 1.807) is 39.8 Å². The quantitative estimate of drug-likeness (QED) is 0.0939. The molecule has 406 valence electrons. The van der Waals surface area contributed by atoms with Crippen molar-refractivity contribution in [3.05, 3.63) is 53.3 Å². The molecule has 2 aromatic rings. The third-order valence-electron chi connectivity index (χ3n) is 14.2. The number of rotatable bonds is 11. The van der Waals surface area contributed by atoms with Crippen LogP contribution in [0.1, 0.15) is 104 Å². The second kappa shape index (κ2) is 23.1. The third kappa shape index (κ3) is 12.3. The Balaban J connectivity index is 1.50. The predicted molar refractivity (Wildman–Crippen MR) is 262 cm³/mol. The zero-order chi connectivity index (χ0) is 54.7. The first-order valence-corrected chi connectivity index (χ1v) is 24.5. The Bertz CT molecular complexity index is 2590. The minimum absolute atomic E-state index is 0.00214. The zero-order valence-electron chi connectivity index (χ0n) is 43.7. The number of phenols is 2. The second-order valence-electron chi connectivity index (χ2n) is 20.4. The molecule has 0 radical (unpaired) electrons. The fourth-order valence-electron chi connectivity index (χ4n) is 9.77. The van der Waals surface area contributed by atoms with Crippen LogP contribution in [0.4, 0.5) is 5.69 Å². The van der Waals surface area contributed by atoms with E-state index in [4.69, 9.17) is 47.4 Å². The highest BCUT2D eigenvalue weighted by Gasteiger charge is 2.50. The maximum atomic E-state index is 14.8. The number of carbonyl (C=O) groups is 6. The SMILES string of the molecule is COC(=O)COc1cc2c(O)c3c(O)c(C)c4c(c13)C(=O)[C@@](C)(O/C=C/[C@H](O[C@H]1C[C@@H]3OCO[C@@H]3[C@@H](C)O1)[C@@H](C)[C@@H](OC(C)=O)[C@H](C)[C@H](O)[C@H](C)C[C@@H](C(C)OC(=O)C(C)(C)CC(=O)O)/C=C/C=C(/C)C(=O)N2)O4. The Morgan fingerprint density at radius 1 is 0.986 bits per heavy atom. The van der Waals surface area contributed by atoms with Gasteiger partial charge in [-0.15, -0.1) is 0 Å². The summed E-state index contributed by atoms with van der Waals surface area (Å²) in [6.07, 6.45) is 0.970. The molecule has 0 aromatic heterocycles. The third-order valence-corrected chi connectivity index (χ3v) is 14.2. The van der Waals surface area contributed by atoms with Crippen molar-refractivity contribution in [3.8, 4) is 23.0 Å². The lowest BCUT2D eigenvalue weighted by Gasteiger charge is -2.40. The van der Waals surface area contributed by atoms with Crippen LogP contribution in [0.25, 0.3) is 10.8 Å². The molecule has 5 aliphatic rings. The molecule has 2 fully saturated rings. The normalized spacial score (nSPS) is 31.7. The van der Waals surface area contributed by atoms with Crippen molar-refractivity contribution < 1.29 is 96.6 Å². The first-order chi connectivity index (χ1) is 34.7. The van der Waals surface area contributed by atoms with Crippen molar-refractivity contribution in [3.63, 3.8) is 0 Å². The van der Waals surface area contributed by atoms with Gasteiger partial charge in [-0.1, -0.05) is 39.0 Å². The van der Waals surface area contributed by atoms with Crippen molar-refractivity contribution >= 4 is 52.0 Å². The maximum absolute atomic E-state index is 14.8. The van der Waals surface area contributed by atoms with E-state index in [-0.39, 0.29) is 76.5 Å². The van der Waals surface area contributed by atoms with Crippen molar-refractivity contribution in [2.75, 3.05) is 25.8 Å². The summed E-state index contributed by atoms with van der Waals surface area (Å²) in [7, 11) is 1.13. The predicted octanol–water partition coefficient (Wildman–Crippen LogP) is 6.29. The Kier molecular flexibility index (Phi) is 17.8. The smallest absolute Gasteiger partial charge is 0.343 e. The van der Waals surface area contributed by atoms with Gasteiger partial charge in [0.25, 0.3) is 11.7 Å². The number of amides is 1. The Labute approximate surface area is 429 Å². The van der Waals surface area contributed by atoms with Crippen LogP contribution in [-0.2, 0) is 61.9 Å². The number of carboxylic acid groups (broad SMARTS) is 1. The molecule has 13 atom stereocenters. The number of anilines is 1. The van der Waals surface area contributed by atoms with E-state index in [1.165, 1.54) is 66.0 Å². The summed E-state index contributed by atoms with van der Waals surface area (Å²) in [5, 5.41) is 47.4.